The molecule has 0 bridgehead atoms. The first-order chi connectivity index (χ1) is 10.6. The molecule has 0 atom stereocenters. The molecule has 3 rings (SSSR count). The van der Waals surface area contributed by atoms with E-state index >= 15 is 0 Å². The van der Waals surface area contributed by atoms with Crippen molar-refractivity contribution in [1.82, 2.24) is 9.80 Å². The SMILES string of the molecule is NC1(C(=O)N2CCN(C(=O)c3cccs3)CC2)CCOCC1. The van der Waals surface area contributed by atoms with E-state index in [0.29, 0.717) is 52.2 Å². The Labute approximate surface area is 133 Å². The zero-order valence-corrected chi connectivity index (χ0v) is 13.3. The molecule has 0 unspecified atom stereocenters. The van der Waals surface area contributed by atoms with Gasteiger partial charge < -0.3 is 20.3 Å². The molecule has 0 aliphatic carbocycles. The Hall–Kier alpha value is -1.44. The van der Waals surface area contributed by atoms with Crippen LogP contribution >= 0.6 is 11.3 Å². The van der Waals surface area contributed by atoms with Crippen LogP contribution in [-0.2, 0) is 9.53 Å². The van der Waals surface area contributed by atoms with Gasteiger partial charge in [0.05, 0.1) is 10.4 Å². The van der Waals surface area contributed by atoms with Crippen LogP contribution in [0.2, 0.25) is 0 Å². The Morgan fingerprint density at radius 1 is 1.14 bits per heavy atom. The molecule has 22 heavy (non-hydrogen) atoms. The van der Waals surface area contributed by atoms with Crippen molar-refractivity contribution in [1.29, 1.82) is 0 Å². The third kappa shape index (κ3) is 3.02. The monoisotopic (exact) mass is 323 g/mol. The maximum Gasteiger partial charge on any atom is 0.264 e. The summed E-state index contributed by atoms with van der Waals surface area (Å²) in [5.74, 6) is 0.0506. The van der Waals surface area contributed by atoms with Gasteiger partial charge in [0, 0.05) is 39.4 Å². The van der Waals surface area contributed by atoms with E-state index < -0.39 is 5.54 Å². The molecule has 3 heterocycles. The van der Waals surface area contributed by atoms with E-state index in [4.69, 9.17) is 10.5 Å². The lowest BCUT2D eigenvalue weighted by atomic mass is 9.89. The van der Waals surface area contributed by atoms with Crippen LogP contribution in [0.4, 0.5) is 0 Å². The maximum absolute atomic E-state index is 12.6. The lowest BCUT2D eigenvalue weighted by molar-refractivity contribution is -0.142. The summed E-state index contributed by atoms with van der Waals surface area (Å²) < 4.78 is 5.29. The zero-order valence-electron chi connectivity index (χ0n) is 12.5. The van der Waals surface area contributed by atoms with Gasteiger partial charge in [0.2, 0.25) is 5.91 Å². The molecule has 2 aliphatic rings. The lowest BCUT2D eigenvalue weighted by Crippen LogP contribution is -2.61. The molecule has 0 spiro atoms. The smallest absolute Gasteiger partial charge is 0.264 e. The third-order valence-corrected chi connectivity index (χ3v) is 5.25. The van der Waals surface area contributed by atoms with Crippen molar-refractivity contribution in [2.75, 3.05) is 39.4 Å². The normalized spacial score (nSPS) is 21.7. The molecule has 0 saturated carbocycles. The van der Waals surface area contributed by atoms with E-state index in [0.717, 1.165) is 4.88 Å². The highest BCUT2D eigenvalue weighted by molar-refractivity contribution is 7.12. The van der Waals surface area contributed by atoms with Crippen LogP contribution in [-0.4, -0.2) is 66.5 Å². The van der Waals surface area contributed by atoms with Gasteiger partial charge in [-0.1, -0.05) is 6.07 Å². The average Bonchev–Trinajstić information content (AvgIpc) is 3.09. The van der Waals surface area contributed by atoms with Gasteiger partial charge in [-0.05, 0) is 24.3 Å². The van der Waals surface area contributed by atoms with Crippen LogP contribution in [0.5, 0.6) is 0 Å². The van der Waals surface area contributed by atoms with Crippen LogP contribution in [0.25, 0.3) is 0 Å². The number of nitrogens with two attached hydrogens (primary N) is 1. The summed E-state index contributed by atoms with van der Waals surface area (Å²) in [6.45, 7) is 3.31. The van der Waals surface area contributed by atoms with E-state index in [1.54, 1.807) is 4.90 Å². The Morgan fingerprint density at radius 3 is 2.36 bits per heavy atom. The fourth-order valence-electron chi connectivity index (χ4n) is 2.93. The van der Waals surface area contributed by atoms with Crippen molar-refractivity contribution in [2.24, 2.45) is 5.73 Å². The van der Waals surface area contributed by atoms with Crippen LogP contribution in [0.15, 0.2) is 17.5 Å². The van der Waals surface area contributed by atoms with Gasteiger partial charge in [0.15, 0.2) is 0 Å². The molecular formula is C15H21N3O3S. The summed E-state index contributed by atoms with van der Waals surface area (Å²) >= 11 is 1.45. The van der Waals surface area contributed by atoms with Crippen LogP contribution in [0, 0.1) is 0 Å². The topological polar surface area (TPSA) is 75.9 Å². The summed E-state index contributed by atoms with van der Waals surface area (Å²) in [5, 5.41) is 1.90. The molecular weight excluding hydrogens is 302 g/mol. The molecule has 2 saturated heterocycles. The Balaban J connectivity index is 1.57. The first-order valence-corrected chi connectivity index (χ1v) is 8.47. The minimum absolute atomic E-state index is 0.000905. The fraction of sp³-hybridized carbons (Fsp3) is 0.600. The standard InChI is InChI=1S/C15H21N3O3S/c16-15(3-9-21-10-4-15)14(20)18-7-5-17(6-8-18)13(19)12-2-1-11-22-12/h1-2,11H,3-10,16H2. The van der Waals surface area contributed by atoms with Gasteiger partial charge in [-0.2, -0.15) is 0 Å². The predicted molar refractivity (Wildman–Crippen MR) is 83.8 cm³/mol. The molecule has 2 aliphatic heterocycles. The van der Waals surface area contributed by atoms with Gasteiger partial charge in [-0.25, -0.2) is 0 Å². The van der Waals surface area contributed by atoms with Gasteiger partial charge in [-0.3, -0.25) is 9.59 Å². The highest BCUT2D eigenvalue weighted by Crippen LogP contribution is 2.22. The van der Waals surface area contributed by atoms with Gasteiger partial charge >= 0.3 is 0 Å². The fourth-order valence-corrected chi connectivity index (χ4v) is 3.62. The summed E-state index contributed by atoms with van der Waals surface area (Å²) in [7, 11) is 0. The second-order valence-electron chi connectivity index (χ2n) is 5.83. The van der Waals surface area contributed by atoms with E-state index in [2.05, 4.69) is 0 Å². The van der Waals surface area contributed by atoms with Gasteiger partial charge in [0.25, 0.3) is 5.91 Å². The molecule has 6 nitrogen and oxygen atoms in total. The molecule has 2 amide bonds. The van der Waals surface area contributed by atoms with E-state index in [9.17, 15) is 9.59 Å². The summed E-state index contributed by atoms with van der Waals surface area (Å²) in [6, 6.07) is 3.71. The van der Waals surface area contributed by atoms with Crippen LogP contribution < -0.4 is 5.73 Å². The van der Waals surface area contributed by atoms with Crippen molar-refractivity contribution < 1.29 is 14.3 Å². The largest absolute Gasteiger partial charge is 0.381 e. The Kier molecular flexibility index (Phi) is 4.46. The lowest BCUT2D eigenvalue weighted by Gasteiger charge is -2.40. The molecule has 0 aromatic carbocycles. The van der Waals surface area contributed by atoms with Crippen molar-refractivity contribution in [2.45, 2.75) is 18.4 Å². The number of carbonyl (C=O) groups excluding carboxylic acids is 2. The number of hydrogen-bond donors (Lipinski definition) is 1. The quantitative estimate of drug-likeness (QED) is 0.862. The highest BCUT2D eigenvalue weighted by Gasteiger charge is 2.40. The molecule has 1 aromatic rings. The van der Waals surface area contributed by atoms with E-state index in [1.807, 2.05) is 22.4 Å². The van der Waals surface area contributed by atoms with Crippen molar-refractivity contribution >= 4 is 23.2 Å². The number of thiophene rings is 1. The number of rotatable bonds is 2. The first kappa shape index (κ1) is 15.5. The van der Waals surface area contributed by atoms with Crippen molar-refractivity contribution in [3.63, 3.8) is 0 Å². The third-order valence-electron chi connectivity index (χ3n) is 4.40. The Morgan fingerprint density at radius 2 is 1.77 bits per heavy atom. The number of piperazine rings is 1. The number of ether oxygens (including phenoxy) is 1. The summed E-state index contributed by atoms with van der Waals surface area (Å²) in [6.07, 6.45) is 1.14. The molecule has 1 aromatic heterocycles. The number of hydrogen-bond acceptors (Lipinski definition) is 5. The summed E-state index contributed by atoms with van der Waals surface area (Å²) in [4.78, 5) is 29.3. The molecule has 120 valence electrons. The van der Waals surface area contributed by atoms with Crippen LogP contribution in [0.3, 0.4) is 0 Å². The van der Waals surface area contributed by atoms with E-state index in [1.165, 1.54) is 11.3 Å². The minimum atomic E-state index is -0.793. The number of nitrogens with zero attached hydrogens (tertiary/aromatic N) is 2. The average molecular weight is 323 g/mol. The van der Waals surface area contributed by atoms with Gasteiger partial charge in [0.1, 0.15) is 0 Å². The molecule has 7 heteroatoms. The minimum Gasteiger partial charge on any atom is -0.381 e. The van der Waals surface area contributed by atoms with Crippen LogP contribution in [0.1, 0.15) is 22.5 Å². The number of amides is 2. The predicted octanol–water partition coefficient (Wildman–Crippen LogP) is 0.540. The second kappa shape index (κ2) is 6.36. The maximum atomic E-state index is 12.6. The van der Waals surface area contributed by atoms with E-state index in [-0.39, 0.29) is 11.8 Å². The molecule has 2 N–H and O–H groups in total. The summed E-state index contributed by atoms with van der Waals surface area (Å²) in [5.41, 5.74) is 5.46. The first-order valence-electron chi connectivity index (χ1n) is 7.59. The van der Waals surface area contributed by atoms with Crippen molar-refractivity contribution in [3.05, 3.63) is 22.4 Å². The zero-order chi connectivity index (χ0) is 15.6. The van der Waals surface area contributed by atoms with Gasteiger partial charge in [-0.15, -0.1) is 11.3 Å². The second-order valence-corrected chi connectivity index (χ2v) is 6.78. The molecule has 0 radical (unpaired) electrons. The Bertz CT molecular complexity index is 532. The van der Waals surface area contributed by atoms with Crippen molar-refractivity contribution in [3.8, 4) is 0 Å². The number of carbonyl (C=O) groups is 2. The highest BCUT2D eigenvalue weighted by atomic mass is 32.1. The molecule has 2 fully saturated rings.